The quantitative estimate of drug-likeness (QED) is 0.634. The van der Waals surface area contributed by atoms with E-state index in [2.05, 4.69) is 5.32 Å². The lowest BCUT2D eigenvalue weighted by Gasteiger charge is -2.19. The molecule has 8 heteroatoms. The monoisotopic (exact) mass is 432 g/mol. The van der Waals surface area contributed by atoms with Gasteiger partial charge in [0.25, 0.3) is 5.91 Å². The minimum atomic E-state index is -1.27. The lowest BCUT2D eigenvalue weighted by atomic mass is 10.0. The number of aliphatic hydroxyl groups is 1. The summed E-state index contributed by atoms with van der Waals surface area (Å²) in [6, 6.07) is 11.3. The van der Waals surface area contributed by atoms with Crippen LogP contribution in [0.5, 0.6) is 17.2 Å². The van der Waals surface area contributed by atoms with Gasteiger partial charge in [0.15, 0.2) is 18.1 Å². The van der Waals surface area contributed by atoms with Crippen LogP contribution in [0.3, 0.4) is 0 Å². The Kier molecular flexibility index (Phi) is 7.70. The van der Waals surface area contributed by atoms with Crippen LogP contribution >= 0.6 is 0 Å². The maximum Gasteiger partial charge on any atom is 0.257 e. The van der Waals surface area contributed by atoms with Crippen molar-refractivity contribution in [1.82, 2.24) is 10.2 Å². The Morgan fingerprint density at radius 3 is 2.39 bits per heavy atom. The number of carbonyl (C=O) groups is 1. The lowest BCUT2D eigenvalue weighted by Crippen LogP contribution is -2.29. The molecule has 2 N–H and O–H groups in total. The standard InChI is InChI=1S/C23H29FN2O5/c1-4-25-23(28)14-31-20-7-5-15(16-6-8-21(29-2)22(10-16)30-3)9-17(20)11-26-12-18(24)19(27)13-26/h5-10,18-19,27H,4,11-14H2,1-3H3,(H,25,28)/t18-,19-/m1/s1. The van der Waals surface area contributed by atoms with Crippen LogP contribution in [0.15, 0.2) is 36.4 Å². The molecule has 2 atom stereocenters. The molecule has 0 bridgehead atoms. The molecule has 0 radical (unpaired) electrons. The van der Waals surface area contributed by atoms with Crippen molar-refractivity contribution in [2.24, 2.45) is 0 Å². The molecule has 7 nitrogen and oxygen atoms in total. The fourth-order valence-corrected chi connectivity index (χ4v) is 3.62. The lowest BCUT2D eigenvalue weighted by molar-refractivity contribution is -0.123. The zero-order chi connectivity index (χ0) is 22.4. The zero-order valence-electron chi connectivity index (χ0n) is 18.1. The molecule has 0 unspecified atom stereocenters. The van der Waals surface area contributed by atoms with Crippen LogP contribution in [0, 0.1) is 0 Å². The van der Waals surface area contributed by atoms with Crippen LogP contribution in [0.2, 0.25) is 0 Å². The molecule has 2 aromatic carbocycles. The van der Waals surface area contributed by atoms with Gasteiger partial charge in [-0.2, -0.15) is 0 Å². The number of halogens is 1. The molecule has 0 saturated carbocycles. The molecule has 1 heterocycles. The van der Waals surface area contributed by atoms with Gasteiger partial charge in [0.1, 0.15) is 11.9 Å². The van der Waals surface area contributed by atoms with E-state index in [-0.39, 0.29) is 25.6 Å². The highest BCUT2D eigenvalue weighted by Gasteiger charge is 2.31. The third-order valence-electron chi connectivity index (χ3n) is 5.20. The van der Waals surface area contributed by atoms with Gasteiger partial charge in [-0.3, -0.25) is 9.69 Å². The average Bonchev–Trinajstić information content (AvgIpc) is 3.09. The predicted molar refractivity (Wildman–Crippen MR) is 115 cm³/mol. The Morgan fingerprint density at radius 1 is 1.10 bits per heavy atom. The highest BCUT2D eigenvalue weighted by molar-refractivity contribution is 5.77. The number of likely N-dealkylation sites (tertiary alicyclic amines) is 1. The third kappa shape index (κ3) is 5.65. The SMILES string of the molecule is CCNC(=O)COc1ccc(-c2ccc(OC)c(OC)c2)cc1CN1C[C@@H](O)[C@H](F)C1. The van der Waals surface area contributed by atoms with Gasteiger partial charge in [-0.1, -0.05) is 12.1 Å². The van der Waals surface area contributed by atoms with Gasteiger partial charge in [-0.05, 0) is 42.3 Å². The van der Waals surface area contributed by atoms with Crippen molar-refractivity contribution in [1.29, 1.82) is 0 Å². The molecule has 2 aromatic rings. The maximum atomic E-state index is 13.8. The van der Waals surface area contributed by atoms with E-state index in [4.69, 9.17) is 14.2 Å². The fourth-order valence-electron chi connectivity index (χ4n) is 3.62. The van der Waals surface area contributed by atoms with Crippen LogP contribution < -0.4 is 19.5 Å². The second-order valence-corrected chi connectivity index (χ2v) is 7.41. The number of carbonyl (C=O) groups excluding carboxylic acids is 1. The molecule has 3 rings (SSSR count). The van der Waals surface area contributed by atoms with Crippen molar-refractivity contribution in [3.05, 3.63) is 42.0 Å². The molecule has 0 aromatic heterocycles. The van der Waals surface area contributed by atoms with E-state index in [1.165, 1.54) is 0 Å². The summed E-state index contributed by atoms with van der Waals surface area (Å²) >= 11 is 0. The Balaban J connectivity index is 1.89. The molecular formula is C23H29FN2O5. The third-order valence-corrected chi connectivity index (χ3v) is 5.20. The smallest absolute Gasteiger partial charge is 0.257 e. The summed E-state index contributed by atoms with van der Waals surface area (Å²) in [6.07, 6.45) is -2.26. The van der Waals surface area contributed by atoms with Gasteiger partial charge >= 0.3 is 0 Å². The Labute approximate surface area is 181 Å². The van der Waals surface area contributed by atoms with E-state index < -0.39 is 12.3 Å². The van der Waals surface area contributed by atoms with Gasteiger partial charge in [0, 0.05) is 31.7 Å². The summed E-state index contributed by atoms with van der Waals surface area (Å²) in [4.78, 5) is 13.7. The number of likely N-dealkylation sites (N-methyl/N-ethyl adjacent to an activating group) is 1. The fraction of sp³-hybridized carbons (Fsp3) is 0.435. The summed E-state index contributed by atoms with van der Waals surface area (Å²) in [5.41, 5.74) is 2.63. The van der Waals surface area contributed by atoms with Crippen molar-refractivity contribution >= 4 is 5.91 Å². The summed E-state index contributed by atoms with van der Waals surface area (Å²) in [7, 11) is 3.16. The van der Waals surface area contributed by atoms with Crippen molar-refractivity contribution in [3.8, 4) is 28.4 Å². The highest BCUT2D eigenvalue weighted by atomic mass is 19.1. The van der Waals surface area contributed by atoms with Crippen LogP contribution in [-0.4, -0.2) is 68.7 Å². The van der Waals surface area contributed by atoms with Gasteiger partial charge in [-0.25, -0.2) is 4.39 Å². The van der Waals surface area contributed by atoms with Crippen LogP contribution in [-0.2, 0) is 11.3 Å². The van der Waals surface area contributed by atoms with Crippen molar-refractivity contribution in [3.63, 3.8) is 0 Å². The number of β-amino-alcohol motifs (C(OH)–C–C–N with tert-alkyl or cyclic N) is 1. The van der Waals surface area contributed by atoms with E-state index in [1.807, 2.05) is 42.2 Å². The number of amides is 1. The first-order valence-corrected chi connectivity index (χ1v) is 10.2. The number of alkyl halides is 1. The number of hydrogen-bond donors (Lipinski definition) is 2. The molecule has 168 valence electrons. The van der Waals surface area contributed by atoms with Crippen LogP contribution in [0.1, 0.15) is 12.5 Å². The topological polar surface area (TPSA) is 80.3 Å². The number of aliphatic hydroxyl groups excluding tert-OH is 1. The van der Waals surface area contributed by atoms with Gasteiger partial charge < -0.3 is 24.6 Å². The number of ether oxygens (including phenoxy) is 3. The Bertz CT molecular complexity index is 898. The maximum absolute atomic E-state index is 13.8. The highest BCUT2D eigenvalue weighted by Crippen LogP contribution is 2.34. The second-order valence-electron chi connectivity index (χ2n) is 7.41. The van der Waals surface area contributed by atoms with Gasteiger partial charge in [0.2, 0.25) is 0 Å². The van der Waals surface area contributed by atoms with Crippen LogP contribution in [0.25, 0.3) is 11.1 Å². The normalized spacial score (nSPS) is 18.6. The predicted octanol–water partition coefficient (Wildman–Crippen LogP) is 2.40. The largest absolute Gasteiger partial charge is 0.493 e. The van der Waals surface area contributed by atoms with E-state index in [0.717, 1.165) is 16.7 Å². The number of benzene rings is 2. The second kappa shape index (κ2) is 10.5. The van der Waals surface area contributed by atoms with Crippen molar-refractivity contribution < 1.29 is 28.5 Å². The first kappa shape index (κ1) is 22.8. The summed E-state index contributed by atoms with van der Waals surface area (Å²) < 4.78 is 30.3. The van der Waals surface area contributed by atoms with E-state index in [0.29, 0.717) is 30.3 Å². The zero-order valence-corrected chi connectivity index (χ0v) is 18.1. The van der Waals surface area contributed by atoms with Gasteiger partial charge in [-0.15, -0.1) is 0 Å². The molecule has 0 spiro atoms. The summed E-state index contributed by atoms with van der Waals surface area (Å²) in [6.45, 7) is 3.05. The first-order valence-electron chi connectivity index (χ1n) is 10.2. The average molecular weight is 432 g/mol. The van der Waals surface area contributed by atoms with E-state index in [1.54, 1.807) is 20.3 Å². The van der Waals surface area contributed by atoms with E-state index in [9.17, 15) is 14.3 Å². The Hall–Kier alpha value is -2.84. The van der Waals surface area contributed by atoms with Crippen molar-refractivity contribution in [2.75, 3.05) is 40.5 Å². The molecule has 1 aliphatic heterocycles. The molecule has 1 amide bonds. The summed E-state index contributed by atoms with van der Waals surface area (Å²) in [5.74, 6) is 1.58. The Morgan fingerprint density at radius 2 is 1.77 bits per heavy atom. The van der Waals surface area contributed by atoms with E-state index >= 15 is 0 Å². The summed E-state index contributed by atoms with van der Waals surface area (Å²) in [5, 5.41) is 12.5. The van der Waals surface area contributed by atoms with Crippen LogP contribution in [0.4, 0.5) is 4.39 Å². The number of nitrogens with one attached hydrogen (secondary N) is 1. The molecule has 0 aliphatic carbocycles. The molecule has 1 aliphatic rings. The number of rotatable bonds is 9. The number of methoxy groups -OCH3 is 2. The molecule has 31 heavy (non-hydrogen) atoms. The minimum Gasteiger partial charge on any atom is -0.493 e. The molecule has 1 fully saturated rings. The first-order chi connectivity index (χ1) is 14.9. The number of hydrogen-bond acceptors (Lipinski definition) is 6. The molecular weight excluding hydrogens is 403 g/mol. The minimum absolute atomic E-state index is 0.106. The number of nitrogens with zero attached hydrogens (tertiary/aromatic N) is 1. The molecule has 1 saturated heterocycles. The van der Waals surface area contributed by atoms with Gasteiger partial charge in [0.05, 0.1) is 20.3 Å². The van der Waals surface area contributed by atoms with Crippen molar-refractivity contribution in [2.45, 2.75) is 25.7 Å².